The molecule has 0 saturated heterocycles. The van der Waals surface area contributed by atoms with Gasteiger partial charge in [-0.25, -0.2) is 5.84 Å². The van der Waals surface area contributed by atoms with E-state index in [2.05, 4.69) is 5.10 Å². The zero-order chi connectivity index (χ0) is 11.3. The van der Waals surface area contributed by atoms with Crippen LogP contribution in [0.15, 0.2) is 29.4 Å². The van der Waals surface area contributed by atoms with Crippen molar-refractivity contribution in [3.63, 3.8) is 0 Å². The van der Waals surface area contributed by atoms with Crippen molar-refractivity contribution in [1.29, 1.82) is 0 Å². The second-order valence-electron chi connectivity index (χ2n) is 3.05. The zero-order valence-corrected chi connectivity index (χ0v) is 9.79. The monoisotopic (exact) mass is 224 g/mol. The van der Waals surface area contributed by atoms with Gasteiger partial charge in [0.2, 0.25) is 5.17 Å². The average molecular weight is 224 g/mol. The van der Waals surface area contributed by atoms with Crippen LogP contribution in [0.1, 0.15) is 12.5 Å². The summed E-state index contributed by atoms with van der Waals surface area (Å²) in [5.74, 6) is 12.1. The highest BCUT2D eigenvalue weighted by Crippen LogP contribution is 2.17. The summed E-state index contributed by atoms with van der Waals surface area (Å²) in [5, 5.41) is 5.78. The quantitative estimate of drug-likeness (QED) is 0.347. The number of hydrogen-bond acceptors (Lipinski definition) is 4. The molecular formula is C10H16N4S. The number of hydrazone groups is 1. The largest absolute Gasteiger partial charge is 0.321 e. The van der Waals surface area contributed by atoms with Gasteiger partial charge >= 0.3 is 0 Å². The summed E-state index contributed by atoms with van der Waals surface area (Å²) < 4.78 is 0. The molecule has 15 heavy (non-hydrogen) atoms. The summed E-state index contributed by atoms with van der Waals surface area (Å²) in [6.45, 7) is 4.05. The Balaban J connectivity index is 2.88. The van der Waals surface area contributed by atoms with Crippen molar-refractivity contribution < 1.29 is 0 Å². The Morgan fingerprint density at radius 3 is 2.80 bits per heavy atom. The lowest BCUT2D eigenvalue weighted by atomic mass is 10.2. The van der Waals surface area contributed by atoms with Crippen molar-refractivity contribution in [3.05, 3.63) is 29.8 Å². The first-order valence-electron chi connectivity index (χ1n) is 4.71. The smallest absolute Gasteiger partial charge is 0.201 e. The van der Waals surface area contributed by atoms with Crippen molar-refractivity contribution >= 4 is 22.6 Å². The molecule has 82 valence electrons. The van der Waals surface area contributed by atoms with E-state index in [0.717, 1.165) is 17.0 Å². The van der Waals surface area contributed by atoms with Gasteiger partial charge in [0, 0.05) is 0 Å². The minimum Gasteiger partial charge on any atom is -0.321 e. The lowest BCUT2D eigenvalue weighted by Crippen LogP contribution is -2.36. The Morgan fingerprint density at radius 1 is 1.53 bits per heavy atom. The fourth-order valence-corrected chi connectivity index (χ4v) is 1.76. The van der Waals surface area contributed by atoms with E-state index in [4.69, 9.17) is 11.7 Å². The highest BCUT2D eigenvalue weighted by atomic mass is 32.2. The molecule has 0 saturated carbocycles. The fraction of sp³-hybridized carbons (Fsp3) is 0.300. The fourth-order valence-electron chi connectivity index (χ4n) is 1.19. The summed E-state index contributed by atoms with van der Waals surface area (Å²) in [7, 11) is 0. The molecule has 4 nitrogen and oxygen atoms in total. The van der Waals surface area contributed by atoms with Crippen molar-refractivity contribution in [2.75, 3.05) is 10.8 Å². The predicted octanol–water partition coefficient (Wildman–Crippen LogP) is 1.66. The van der Waals surface area contributed by atoms with Crippen molar-refractivity contribution in [3.8, 4) is 0 Å². The van der Waals surface area contributed by atoms with Gasteiger partial charge < -0.3 is 5.84 Å². The maximum Gasteiger partial charge on any atom is 0.201 e. The maximum atomic E-state index is 5.91. The predicted molar refractivity (Wildman–Crippen MR) is 67.6 cm³/mol. The van der Waals surface area contributed by atoms with Gasteiger partial charge in [-0.15, -0.1) is 0 Å². The maximum absolute atomic E-state index is 5.91. The first kappa shape index (κ1) is 11.9. The van der Waals surface area contributed by atoms with E-state index in [1.165, 1.54) is 16.8 Å². The van der Waals surface area contributed by atoms with Crippen LogP contribution in [0.2, 0.25) is 0 Å². The Kier molecular flexibility index (Phi) is 4.45. The van der Waals surface area contributed by atoms with Crippen LogP contribution in [0, 0.1) is 6.92 Å². The number of amidine groups is 1. The van der Waals surface area contributed by atoms with Gasteiger partial charge in [-0.05, 0) is 30.4 Å². The van der Waals surface area contributed by atoms with Crippen LogP contribution in [0.3, 0.4) is 0 Å². The number of hydrogen-bond donors (Lipinski definition) is 2. The number of nitrogens with two attached hydrogens (primary N) is 2. The molecule has 1 rings (SSSR count). The lowest BCUT2D eigenvalue weighted by molar-refractivity contribution is 1.11. The first-order valence-corrected chi connectivity index (χ1v) is 5.69. The van der Waals surface area contributed by atoms with Crippen LogP contribution in [0.4, 0.5) is 5.69 Å². The Morgan fingerprint density at radius 2 is 2.27 bits per heavy atom. The Hall–Kier alpha value is -1.20. The van der Waals surface area contributed by atoms with Gasteiger partial charge in [0.15, 0.2) is 0 Å². The normalized spacial score (nSPS) is 11.5. The van der Waals surface area contributed by atoms with Crippen molar-refractivity contribution in [2.45, 2.75) is 13.8 Å². The van der Waals surface area contributed by atoms with Crippen LogP contribution in [0.25, 0.3) is 0 Å². The van der Waals surface area contributed by atoms with Gasteiger partial charge in [0.05, 0.1) is 5.69 Å². The number of anilines is 1. The third-order valence-electron chi connectivity index (χ3n) is 1.87. The van der Waals surface area contributed by atoms with E-state index in [0.29, 0.717) is 5.17 Å². The summed E-state index contributed by atoms with van der Waals surface area (Å²) in [6.07, 6.45) is 0. The number of thioether (sulfide) groups is 1. The molecule has 0 atom stereocenters. The summed E-state index contributed by atoms with van der Waals surface area (Å²) in [4.78, 5) is 0. The molecule has 1 aromatic rings. The third kappa shape index (κ3) is 3.14. The molecule has 4 N–H and O–H groups in total. The highest BCUT2D eigenvalue weighted by Gasteiger charge is 2.09. The Labute approximate surface area is 94.3 Å². The number of hydrazine groups is 1. The lowest BCUT2D eigenvalue weighted by Gasteiger charge is -2.19. The van der Waals surface area contributed by atoms with Crippen LogP contribution in [-0.2, 0) is 0 Å². The molecule has 0 aliphatic rings. The number of benzene rings is 1. The summed E-state index contributed by atoms with van der Waals surface area (Å²) in [5.41, 5.74) is 2.04. The molecule has 1 aromatic carbocycles. The SMILES string of the molecule is CCS/C(=N/N)N(N)c1cccc(C)c1. The topological polar surface area (TPSA) is 67.6 Å². The van der Waals surface area contributed by atoms with E-state index in [1.54, 1.807) is 0 Å². The molecule has 0 aromatic heterocycles. The second-order valence-corrected chi connectivity index (χ2v) is 4.28. The van der Waals surface area contributed by atoms with E-state index in [1.807, 2.05) is 38.1 Å². The average Bonchev–Trinajstić information content (AvgIpc) is 2.25. The molecule has 0 fully saturated rings. The molecule has 0 heterocycles. The minimum absolute atomic E-state index is 0.614. The van der Waals surface area contributed by atoms with Gasteiger partial charge in [0.25, 0.3) is 0 Å². The molecule has 0 aliphatic heterocycles. The van der Waals surface area contributed by atoms with Crippen molar-refractivity contribution in [2.24, 2.45) is 16.8 Å². The molecule has 0 unspecified atom stereocenters. The molecule has 0 bridgehead atoms. The van der Waals surface area contributed by atoms with Crippen LogP contribution >= 0.6 is 11.8 Å². The van der Waals surface area contributed by atoms with E-state index in [9.17, 15) is 0 Å². The van der Waals surface area contributed by atoms with E-state index in [-0.39, 0.29) is 0 Å². The van der Waals surface area contributed by atoms with Gasteiger partial charge in [-0.1, -0.05) is 30.8 Å². The van der Waals surface area contributed by atoms with Crippen LogP contribution in [0.5, 0.6) is 0 Å². The molecule has 0 aliphatic carbocycles. The summed E-state index contributed by atoms with van der Waals surface area (Å²) in [6, 6.07) is 7.88. The molecule has 0 amide bonds. The first-order chi connectivity index (χ1) is 7.19. The Bertz CT molecular complexity index is 351. The molecular weight excluding hydrogens is 208 g/mol. The third-order valence-corrected chi connectivity index (χ3v) is 2.72. The number of rotatable bonds is 2. The number of nitrogens with zero attached hydrogens (tertiary/aromatic N) is 2. The second kappa shape index (κ2) is 5.63. The zero-order valence-electron chi connectivity index (χ0n) is 8.97. The molecule has 5 heteroatoms. The molecule has 0 spiro atoms. The van der Waals surface area contributed by atoms with Gasteiger partial charge in [0.1, 0.15) is 0 Å². The van der Waals surface area contributed by atoms with E-state index < -0.39 is 0 Å². The molecule has 0 radical (unpaired) electrons. The minimum atomic E-state index is 0.614. The van der Waals surface area contributed by atoms with E-state index >= 15 is 0 Å². The van der Waals surface area contributed by atoms with Crippen LogP contribution < -0.4 is 16.7 Å². The van der Waals surface area contributed by atoms with Gasteiger partial charge in [-0.2, -0.15) is 5.10 Å². The highest BCUT2D eigenvalue weighted by molar-refractivity contribution is 8.14. The van der Waals surface area contributed by atoms with Crippen molar-refractivity contribution in [1.82, 2.24) is 0 Å². The van der Waals surface area contributed by atoms with Gasteiger partial charge in [-0.3, -0.25) is 5.01 Å². The summed E-state index contributed by atoms with van der Waals surface area (Å²) >= 11 is 1.51. The van der Waals surface area contributed by atoms with Crippen LogP contribution in [-0.4, -0.2) is 10.9 Å². The standard InChI is InChI=1S/C10H16N4S/c1-3-15-10(13-11)14(12)9-6-4-5-8(2)7-9/h4-7H,3,11-12H2,1-2H3/b13-10+. The number of aryl methyl sites for hydroxylation is 1.